The van der Waals surface area contributed by atoms with Crippen molar-refractivity contribution in [1.82, 2.24) is 9.97 Å². The normalized spacial score (nSPS) is 10.5. The van der Waals surface area contributed by atoms with Gasteiger partial charge in [-0.3, -0.25) is 0 Å². The molecular weight excluding hydrogens is 148 g/mol. The van der Waals surface area contributed by atoms with Crippen LogP contribution in [0.2, 0.25) is 5.15 Å². The van der Waals surface area contributed by atoms with Crippen molar-refractivity contribution in [3.63, 3.8) is 0 Å². The summed E-state index contributed by atoms with van der Waals surface area (Å²) in [7, 11) is 0. The fraction of sp³-hybridized carbons (Fsp3) is 0. The molecule has 2 rings (SSSR count). The summed E-state index contributed by atoms with van der Waals surface area (Å²) < 4.78 is 0. The van der Waals surface area contributed by atoms with Gasteiger partial charge in [-0.05, 0) is 12.1 Å². The fourth-order valence-electron chi connectivity index (χ4n) is 0.954. The van der Waals surface area contributed by atoms with E-state index in [2.05, 4.69) is 9.97 Å². The molecule has 1 aliphatic heterocycles. The Kier molecular flexibility index (Phi) is 1.14. The van der Waals surface area contributed by atoms with E-state index in [0.717, 1.165) is 11.3 Å². The Balaban J connectivity index is 2.80. The molecule has 10 heavy (non-hydrogen) atoms. The smallest absolute Gasteiger partial charge is 0.140 e. The third kappa shape index (κ3) is 0.693. The van der Waals surface area contributed by atoms with Gasteiger partial charge in [-0.25, -0.2) is 4.98 Å². The predicted molar refractivity (Wildman–Crippen MR) is 40.2 cm³/mol. The quantitative estimate of drug-likeness (QED) is 0.576. The van der Waals surface area contributed by atoms with E-state index in [1.54, 1.807) is 6.33 Å². The molecule has 0 amide bonds. The minimum Gasteiger partial charge on any atom is -0.346 e. The van der Waals surface area contributed by atoms with Gasteiger partial charge in [0.1, 0.15) is 5.15 Å². The summed E-state index contributed by atoms with van der Waals surface area (Å²) in [6.45, 7) is 0. The van der Waals surface area contributed by atoms with Crippen LogP contribution in [-0.2, 0) is 0 Å². The lowest BCUT2D eigenvalue weighted by Crippen LogP contribution is -1.83. The van der Waals surface area contributed by atoms with Crippen LogP contribution >= 0.6 is 11.6 Å². The van der Waals surface area contributed by atoms with Gasteiger partial charge in [0.25, 0.3) is 0 Å². The molecule has 0 saturated carbocycles. The Bertz CT molecular complexity index is 315. The van der Waals surface area contributed by atoms with Crippen molar-refractivity contribution < 1.29 is 0 Å². The van der Waals surface area contributed by atoms with Gasteiger partial charge in [0.15, 0.2) is 0 Å². The highest BCUT2D eigenvalue weighted by atomic mass is 35.5. The van der Waals surface area contributed by atoms with E-state index in [9.17, 15) is 0 Å². The van der Waals surface area contributed by atoms with E-state index >= 15 is 0 Å². The first-order valence-corrected chi connectivity index (χ1v) is 3.33. The van der Waals surface area contributed by atoms with Crippen molar-refractivity contribution in [2.75, 3.05) is 0 Å². The number of aromatic nitrogens is 2. The lowest BCUT2D eigenvalue weighted by Gasteiger charge is -1.97. The van der Waals surface area contributed by atoms with Gasteiger partial charge < -0.3 is 4.98 Å². The molecule has 1 heterocycles. The number of rotatable bonds is 0. The highest BCUT2D eigenvalue weighted by Gasteiger charge is 2.04. The van der Waals surface area contributed by atoms with Gasteiger partial charge >= 0.3 is 0 Å². The van der Waals surface area contributed by atoms with Gasteiger partial charge in [-0.2, -0.15) is 0 Å². The van der Waals surface area contributed by atoms with Crippen LogP contribution in [-0.4, -0.2) is 9.97 Å². The average Bonchev–Trinajstić information content (AvgIpc) is 2.36. The number of fused-ring (bicyclic) bond motifs is 1. The third-order valence-electron chi connectivity index (χ3n) is 1.44. The molecule has 2 aliphatic rings. The number of nitrogens with one attached hydrogen (secondary N) is 1. The molecule has 3 heteroatoms. The van der Waals surface area contributed by atoms with Crippen LogP contribution < -0.4 is 0 Å². The van der Waals surface area contributed by atoms with Crippen molar-refractivity contribution in [2.45, 2.75) is 0 Å². The summed E-state index contributed by atoms with van der Waals surface area (Å²) in [6.07, 6.45) is 1.59. The Morgan fingerprint density at radius 1 is 1.40 bits per heavy atom. The van der Waals surface area contributed by atoms with Gasteiger partial charge in [-0.15, -0.1) is 0 Å². The van der Waals surface area contributed by atoms with E-state index in [1.165, 1.54) is 0 Å². The predicted octanol–water partition coefficient (Wildman–Crippen LogP) is 2.17. The molecule has 1 aliphatic carbocycles. The second-order valence-corrected chi connectivity index (χ2v) is 2.40. The molecular formula is C7H5ClN2. The molecule has 0 aromatic heterocycles. The molecule has 0 aromatic carbocycles. The Morgan fingerprint density at radius 3 is 3.10 bits per heavy atom. The summed E-state index contributed by atoms with van der Waals surface area (Å²) in [4.78, 5) is 6.87. The van der Waals surface area contributed by atoms with Crippen LogP contribution in [0.25, 0.3) is 11.3 Å². The summed E-state index contributed by atoms with van der Waals surface area (Å²) in [6, 6.07) is 5.83. The molecule has 0 unspecified atom stereocenters. The van der Waals surface area contributed by atoms with Gasteiger partial charge in [0, 0.05) is 11.3 Å². The first kappa shape index (κ1) is 5.74. The second kappa shape index (κ2) is 1.99. The van der Waals surface area contributed by atoms with Crippen LogP contribution in [0, 0.1) is 0 Å². The SMILES string of the molecule is Clc1nc[nH]c2cccc1-2. The van der Waals surface area contributed by atoms with Crippen molar-refractivity contribution in [3.8, 4) is 11.3 Å². The maximum Gasteiger partial charge on any atom is 0.140 e. The standard InChI is InChI=1S/C7H5ClN2/c8-7-5-2-1-3-6(5)9-4-10-7/h1-4H,(H,9,10). The molecule has 0 spiro atoms. The average molecular weight is 153 g/mol. The number of nitrogens with zero attached hydrogens (tertiary/aromatic N) is 1. The van der Waals surface area contributed by atoms with E-state index in [4.69, 9.17) is 11.6 Å². The molecule has 1 N–H and O–H groups in total. The molecule has 0 fully saturated rings. The summed E-state index contributed by atoms with van der Waals surface area (Å²) in [5.41, 5.74) is 2.00. The first-order chi connectivity index (χ1) is 4.88. The van der Waals surface area contributed by atoms with Crippen LogP contribution in [0.15, 0.2) is 24.5 Å². The Hall–Kier alpha value is -1.02. The maximum absolute atomic E-state index is 5.77. The van der Waals surface area contributed by atoms with Crippen LogP contribution in [0.4, 0.5) is 0 Å². The van der Waals surface area contributed by atoms with Crippen LogP contribution in [0.5, 0.6) is 0 Å². The number of hydrogen-bond acceptors (Lipinski definition) is 1. The third-order valence-corrected chi connectivity index (χ3v) is 1.74. The van der Waals surface area contributed by atoms with Crippen molar-refractivity contribution in [2.24, 2.45) is 0 Å². The largest absolute Gasteiger partial charge is 0.346 e. The van der Waals surface area contributed by atoms with E-state index in [0.29, 0.717) is 5.15 Å². The number of H-pyrrole nitrogens is 1. The number of hydrogen-bond donors (Lipinski definition) is 1. The molecule has 2 nitrogen and oxygen atoms in total. The van der Waals surface area contributed by atoms with Crippen molar-refractivity contribution in [3.05, 3.63) is 29.7 Å². The van der Waals surface area contributed by atoms with E-state index < -0.39 is 0 Å². The highest BCUT2D eigenvalue weighted by Crippen LogP contribution is 2.25. The van der Waals surface area contributed by atoms with Gasteiger partial charge in [-0.1, -0.05) is 17.7 Å². The first-order valence-electron chi connectivity index (χ1n) is 2.95. The Labute approximate surface area is 63.2 Å². The zero-order valence-electron chi connectivity index (χ0n) is 5.13. The van der Waals surface area contributed by atoms with Crippen molar-refractivity contribution >= 4 is 11.6 Å². The van der Waals surface area contributed by atoms with E-state index in [1.807, 2.05) is 18.2 Å². The summed E-state index contributed by atoms with van der Waals surface area (Å²) in [5, 5.41) is 0.554. The summed E-state index contributed by atoms with van der Waals surface area (Å²) in [5.74, 6) is 0. The zero-order valence-corrected chi connectivity index (χ0v) is 5.89. The molecule has 0 bridgehead atoms. The van der Waals surface area contributed by atoms with Gasteiger partial charge in [0.2, 0.25) is 0 Å². The number of halogens is 1. The minimum absolute atomic E-state index is 0.554. The lowest BCUT2D eigenvalue weighted by atomic mass is 10.3. The van der Waals surface area contributed by atoms with Crippen molar-refractivity contribution in [1.29, 1.82) is 0 Å². The fourth-order valence-corrected chi connectivity index (χ4v) is 1.17. The monoisotopic (exact) mass is 152 g/mol. The topological polar surface area (TPSA) is 28.7 Å². The molecule has 0 saturated heterocycles. The highest BCUT2D eigenvalue weighted by molar-refractivity contribution is 6.32. The minimum atomic E-state index is 0.554. The Morgan fingerprint density at radius 2 is 2.30 bits per heavy atom. The summed E-state index contributed by atoms with van der Waals surface area (Å²) >= 11 is 5.77. The molecule has 0 atom stereocenters. The van der Waals surface area contributed by atoms with Crippen LogP contribution in [0.1, 0.15) is 0 Å². The molecule has 50 valence electrons. The van der Waals surface area contributed by atoms with Crippen LogP contribution in [0.3, 0.4) is 0 Å². The lowest BCUT2D eigenvalue weighted by molar-refractivity contribution is 1.18. The second-order valence-electron chi connectivity index (χ2n) is 2.05. The molecule has 0 aromatic rings. The molecule has 0 radical (unpaired) electrons. The zero-order chi connectivity index (χ0) is 6.97. The maximum atomic E-state index is 5.77. The van der Waals surface area contributed by atoms with Gasteiger partial charge in [0.05, 0.1) is 6.33 Å². The van der Waals surface area contributed by atoms with E-state index in [-0.39, 0.29) is 0 Å². The number of aromatic amines is 1.